The summed E-state index contributed by atoms with van der Waals surface area (Å²) in [6.07, 6.45) is 0.652. The highest BCUT2D eigenvalue weighted by Gasteiger charge is 2.49. The zero-order valence-electron chi connectivity index (χ0n) is 16.1. The van der Waals surface area contributed by atoms with E-state index in [9.17, 15) is 15.0 Å². The molecule has 3 aromatic rings. The standard InChI is InChI=1S/C24H22O4/c1-4-16-13-17(9-10-21(16)25)24(20-11-15(3)22(26)12-14(20)2)19-8-6-5-7-18(19)23(27)28-24/h5-13,25-26H,4H2,1-3H3. The second kappa shape index (κ2) is 6.41. The van der Waals surface area contributed by atoms with E-state index in [1.807, 2.05) is 51.1 Å². The van der Waals surface area contributed by atoms with E-state index in [0.29, 0.717) is 17.5 Å². The number of fused-ring (bicyclic) bond motifs is 1. The summed E-state index contributed by atoms with van der Waals surface area (Å²) in [5.41, 5.74) is 4.04. The second-order valence-corrected chi connectivity index (χ2v) is 7.27. The lowest BCUT2D eigenvalue weighted by Gasteiger charge is -2.32. The number of aryl methyl sites for hydroxylation is 3. The molecule has 0 spiro atoms. The third-order valence-electron chi connectivity index (χ3n) is 5.56. The number of benzene rings is 3. The van der Waals surface area contributed by atoms with Crippen LogP contribution in [0.1, 0.15) is 50.7 Å². The van der Waals surface area contributed by atoms with Crippen molar-refractivity contribution in [3.63, 3.8) is 0 Å². The Morgan fingerprint density at radius 1 is 0.893 bits per heavy atom. The van der Waals surface area contributed by atoms with Crippen molar-refractivity contribution in [1.29, 1.82) is 0 Å². The largest absolute Gasteiger partial charge is 0.508 e. The van der Waals surface area contributed by atoms with Gasteiger partial charge in [-0.25, -0.2) is 4.79 Å². The van der Waals surface area contributed by atoms with Crippen LogP contribution >= 0.6 is 0 Å². The fourth-order valence-electron chi connectivity index (χ4n) is 4.06. The van der Waals surface area contributed by atoms with Crippen molar-refractivity contribution in [3.8, 4) is 11.5 Å². The summed E-state index contributed by atoms with van der Waals surface area (Å²) >= 11 is 0. The van der Waals surface area contributed by atoms with Crippen LogP contribution in [0.5, 0.6) is 11.5 Å². The number of ether oxygens (including phenoxy) is 1. The number of aromatic hydroxyl groups is 2. The predicted octanol–water partition coefficient (Wildman–Crippen LogP) is 4.74. The molecule has 2 N–H and O–H groups in total. The molecule has 0 bridgehead atoms. The molecule has 0 aliphatic carbocycles. The van der Waals surface area contributed by atoms with Crippen LogP contribution in [0.4, 0.5) is 0 Å². The molecule has 28 heavy (non-hydrogen) atoms. The highest BCUT2D eigenvalue weighted by molar-refractivity contribution is 5.96. The summed E-state index contributed by atoms with van der Waals surface area (Å²) < 4.78 is 6.10. The molecule has 4 rings (SSSR count). The molecule has 0 radical (unpaired) electrons. The van der Waals surface area contributed by atoms with E-state index in [1.54, 1.807) is 24.3 Å². The van der Waals surface area contributed by atoms with Crippen molar-refractivity contribution < 1.29 is 19.7 Å². The molecule has 1 aliphatic rings. The number of hydrogen-bond donors (Lipinski definition) is 2. The Hall–Kier alpha value is -3.27. The molecular formula is C24H22O4. The van der Waals surface area contributed by atoms with Gasteiger partial charge in [0, 0.05) is 16.7 Å². The van der Waals surface area contributed by atoms with Gasteiger partial charge >= 0.3 is 5.97 Å². The van der Waals surface area contributed by atoms with Crippen LogP contribution in [-0.4, -0.2) is 16.2 Å². The zero-order valence-corrected chi connectivity index (χ0v) is 16.1. The van der Waals surface area contributed by atoms with E-state index in [2.05, 4.69) is 0 Å². The minimum atomic E-state index is -1.13. The average molecular weight is 374 g/mol. The topological polar surface area (TPSA) is 66.8 Å². The molecule has 0 fully saturated rings. The van der Waals surface area contributed by atoms with Gasteiger partial charge in [-0.15, -0.1) is 0 Å². The third kappa shape index (κ3) is 2.48. The van der Waals surface area contributed by atoms with Gasteiger partial charge in [0.1, 0.15) is 11.5 Å². The molecule has 1 aliphatic heterocycles. The number of carbonyl (C=O) groups is 1. The third-order valence-corrected chi connectivity index (χ3v) is 5.56. The molecule has 0 amide bonds. The predicted molar refractivity (Wildman–Crippen MR) is 107 cm³/mol. The Bertz CT molecular complexity index is 1100. The maximum atomic E-state index is 12.8. The highest BCUT2D eigenvalue weighted by atomic mass is 16.6. The van der Waals surface area contributed by atoms with Crippen molar-refractivity contribution >= 4 is 5.97 Å². The van der Waals surface area contributed by atoms with Gasteiger partial charge in [0.25, 0.3) is 0 Å². The van der Waals surface area contributed by atoms with E-state index >= 15 is 0 Å². The molecule has 0 aromatic heterocycles. The first-order chi connectivity index (χ1) is 13.4. The summed E-state index contributed by atoms with van der Waals surface area (Å²) in [5, 5.41) is 20.3. The first kappa shape index (κ1) is 18.1. The molecule has 1 atom stereocenters. The van der Waals surface area contributed by atoms with Crippen molar-refractivity contribution in [2.24, 2.45) is 0 Å². The fraction of sp³-hybridized carbons (Fsp3) is 0.208. The Balaban J connectivity index is 2.10. The number of cyclic esters (lactones) is 1. The minimum Gasteiger partial charge on any atom is -0.508 e. The molecule has 4 nitrogen and oxygen atoms in total. The van der Waals surface area contributed by atoms with Crippen molar-refractivity contribution in [2.75, 3.05) is 0 Å². The zero-order chi connectivity index (χ0) is 20.1. The van der Waals surface area contributed by atoms with E-state index in [-0.39, 0.29) is 17.5 Å². The summed E-state index contributed by atoms with van der Waals surface area (Å²) in [5.74, 6) is 0.0402. The SMILES string of the molecule is CCc1cc(C2(c3cc(C)c(O)cc3C)OC(=O)c3ccccc32)ccc1O. The summed E-state index contributed by atoms with van der Waals surface area (Å²) in [6.45, 7) is 5.69. The molecule has 4 heteroatoms. The van der Waals surface area contributed by atoms with Gasteiger partial charge in [-0.1, -0.05) is 31.2 Å². The fourth-order valence-corrected chi connectivity index (χ4v) is 4.06. The highest BCUT2D eigenvalue weighted by Crippen LogP contribution is 2.49. The first-order valence-corrected chi connectivity index (χ1v) is 9.34. The second-order valence-electron chi connectivity index (χ2n) is 7.27. The van der Waals surface area contributed by atoms with Gasteiger partial charge in [0.15, 0.2) is 5.60 Å². The number of carbonyl (C=O) groups excluding carboxylic acids is 1. The molecule has 3 aromatic carbocycles. The average Bonchev–Trinajstić information content (AvgIpc) is 2.99. The summed E-state index contributed by atoms with van der Waals surface area (Å²) in [7, 11) is 0. The minimum absolute atomic E-state index is 0.203. The van der Waals surface area contributed by atoms with Gasteiger partial charge in [-0.3, -0.25) is 0 Å². The van der Waals surface area contributed by atoms with Crippen LogP contribution in [0, 0.1) is 13.8 Å². The normalized spacial score (nSPS) is 18.0. The molecule has 1 heterocycles. The Morgan fingerprint density at radius 2 is 1.64 bits per heavy atom. The van der Waals surface area contributed by atoms with Crippen LogP contribution in [0.25, 0.3) is 0 Å². The number of hydrogen-bond acceptors (Lipinski definition) is 4. The first-order valence-electron chi connectivity index (χ1n) is 9.34. The Labute approximate surface area is 164 Å². The smallest absolute Gasteiger partial charge is 0.340 e. The molecule has 0 saturated heterocycles. The van der Waals surface area contributed by atoms with Crippen LogP contribution in [0.3, 0.4) is 0 Å². The van der Waals surface area contributed by atoms with E-state index in [0.717, 1.165) is 27.8 Å². The molecule has 142 valence electrons. The molecular weight excluding hydrogens is 352 g/mol. The van der Waals surface area contributed by atoms with E-state index in [4.69, 9.17) is 4.74 Å². The molecule has 0 saturated carbocycles. The van der Waals surface area contributed by atoms with Crippen molar-refractivity contribution in [3.05, 3.63) is 93.5 Å². The lowest BCUT2D eigenvalue weighted by Crippen LogP contribution is -2.30. The van der Waals surface area contributed by atoms with Gasteiger partial charge in [-0.05, 0) is 67.3 Å². The van der Waals surface area contributed by atoms with Crippen LogP contribution in [0.15, 0.2) is 54.6 Å². The van der Waals surface area contributed by atoms with Gasteiger partial charge in [0.05, 0.1) is 5.56 Å². The Kier molecular flexibility index (Phi) is 4.15. The maximum Gasteiger partial charge on any atom is 0.340 e. The van der Waals surface area contributed by atoms with Gasteiger partial charge in [0.2, 0.25) is 0 Å². The number of phenols is 2. The van der Waals surface area contributed by atoms with Crippen LogP contribution in [0.2, 0.25) is 0 Å². The molecule has 1 unspecified atom stereocenters. The number of phenolic OH excluding ortho intramolecular Hbond substituents is 2. The van der Waals surface area contributed by atoms with Gasteiger partial charge in [-0.2, -0.15) is 0 Å². The van der Waals surface area contributed by atoms with Crippen molar-refractivity contribution in [2.45, 2.75) is 32.8 Å². The lowest BCUT2D eigenvalue weighted by molar-refractivity contribution is 0.0249. The van der Waals surface area contributed by atoms with E-state index < -0.39 is 5.60 Å². The van der Waals surface area contributed by atoms with Crippen LogP contribution < -0.4 is 0 Å². The van der Waals surface area contributed by atoms with Crippen molar-refractivity contribution in [1.82, 2.24) is 0 Å². The quantitative estimate of drug-likeness (QED) is 0.650. The lowest BCUT2D eigenvalue weighted by atomic mass is 9.77. The Morgan fingerprint density at radius 3 is 2.39 bits per heavy atom. The monoisotopic (exact) mass is 374 g/mol. The summed E-state index contributed by atoms with van der Waals surface area (Å²) in [4.78, 5) is 12.8. The van der Waals surface area contributed by atoms with Crippen LogP contribution in [-0.2, 0) is 16.8 Å². The summed E-state index contributed by atoms with van der Waals surface area (Å²) in [6, 6.07) is 16.3. The number of rotatable bonds is 3. The van der Waals surface area contributed by atoms with E-state index in [1.165, 1.54) is 0 Å². The van der Waals surface area contributed by atoms with Gasteiger partial charge < -0.3 is 14.9 Å². The number of esters is 1. The maximum absolute atomic E-state index is 12.8.